The van der Waals surface area contributed by atoms with Crippen LogP contribution in [-0.2, 0) is 4.79 Å². The number of unbranched alkanes of at least 4 members (excludes halogenated alkanes) is 3. The average molecular weight is 403 g/mol. The van der Waals surface area contributed by atoms with E-state index in [1.54, 1.807) is 0 Å². The van der Waals surface area contributed by atoms with Crippen LogP contribution in [0.15, 0.2) is 36.4 Å². The summed E-state index contributed by atoms with van der Waals surface area (Å²) in [5, 5.41) is 29.6. The van der Waals surface area contributed by atoms with Gasteiger partial charge in [0.15, 0.2) is 5.78 Å². The molecule has 5 nitrogen and oxygen atoms in total. The number of aliphatic hydroxyl groups excluding tert-OH is 2. The highest BCUT2D eigenvalue weighted by Crippen LogP contribution is 2.42. The van der Waals surface area contributed by atoms with Crippen LogP contribution in [0.1, 0.15) is 86.6 Å². The third-order valence-corrected chi connectivity index (χ3v) is 5.81. The molecule has 0 aromatic heterocycles. The van der Waals surface area contributed by atoms with Gasteiger partial charge in [-0.3, -0.25) is 9.59 Å². The largest absolute Gasteiger partial charge is 0.481 e. The van der Waals surface area contributed by atoms with Crippen molar-refractivity contribution in [2.75, 3.05) is 0 Å². The van der Waals surface area contributed by atoms with Gasteiger partial charge in [-0.2, -0.15) is 0 Å². The molecule has 160 valence electrons. The summed E-state index contributed by atoms with van der Waals surface area (Å²) >= 11 is 0. The number of aliphatic carboxylic acids is 1. The lowest BCUT2D eigenvalue weighted by atomic mass is 9.84. The fraction of sp³-hybridized carbons (Fsp3) is 0.583. The molecule has 1 fully saturated rings. The van der Waals surface area contributed by atoms with E-state index in [1.165, 1.54) is 0 Å². The fourth-order valence-corrected chi connectivity index (χ4v) is 4.18. The minimum atomic E-state index is -0.792. The number of Topliss-reactive ketones (excluding diaryl/α,β-unsaturated/α-hetero) is 1. The Labute approximate surface area is 173 Å². The number of allylic oxidation sites excluding steroid dienone is 2. The van der Waals surface area contributed by atoms with Gasteiger partial charge in [0.25, 0.3) is 0 Å². The number of carbonyl (C=O) groups excluding carboxylic acids is 1. The minimum Gasteiger partial charge on any atom is -0.481 e. The molecular formula is C24H34O5. The number of rotatable bonds is 12. The quantitative estimate of drug-likeness (QED) is 0.272. The van der Waals surface area contributed by atoms with Crippen LogP contribution >= 0.6 is 0 Å². The van der Waals surface area contributed by atoms with Crippen molar-refractivity contribution < 1.29 is 24.9 Å². The van der Waals surface area contributed by atoms with Gasteiger partial charge in [-0.05, 0) is 37.2 Å². The molecule has 0 bridgehead atoms. The number of benzene rings is 1. The molecule has 0 spiro atoms. The Kier molecular flexibility index (Phi) is 9.55. The summed E-state index contributed by atoms with van der Waals surface area (Å²) in [4.78, 5) is 22.8. The maximum atomic E-state index is 12.3. The van der Waals surface area contributed by atoms with E-state index in [4.69, 9.17) is 5.11 Å². The van der Waals surface area contributed by atoms with Crippen LogP contribution in [0, 0.1) is 5.92 Å². The molecule has 0 aliphatic heterocycles. The van der Waals surface area contributed by atoms with E-state index in [2.05, 4.69) is 6.92 Å². The zero-order valence-electron chi connectivity index (χ0n) is 17.3. The van der Waals surface area contributed by atoms with Gasteiger partial charge in [-0.25, -0.2) is 0 Å². The van der Waals surface area contributed by atoms with Crippen molar-refractivity contribution in [3.05, 3.63) is 47.5 Å². The number of hydrogen-bond donors (Lipinski definition) is 3. The van der Waals surface area contributed by atoms with Crippen molar-refractivity contribution in [2.45, 2.75) is 82.8 Å². The molecule has 1 saturated carbocycles. The summed E-state index contributed by atoms with van der Waals surface area (Å²) in [6.07, 6.45) is 8.78. The highest BCUT2D eigenvalue weighted by molar-refractivity contribution is 5.96. The molecule has 0 heterocycles. The van der Waals surface area contributed by atoms with Crippen LogP contribution in [0.2, 0.25) is 0 Å². The maximum absolute atomic E-state index is 12.3. The van der Waals surface area contributed by atoms with Gasteiger partial charge in [-0.15, -0.1) is 0 Å². The molecule has 4 atom stereocenters. The Bertz CT molecular complexity index is 679. The molecule has 1 aromatic rings. The predicted molar refractivity (Wildman–Crippen MR) is 113 cm³/mol. The zero-order chi connectivity index (χ0) is 21.2. The first-order valence-corrected chi connectivity index (χ1v) is 10.8. The molecule has 1 aliphatic carbocycles. The lowest BCUT2D eigenvalue weighted by Gasteiger charge is -2.23. The van der Waals surface area contributed by atoms with E-state index in [-0.39, 0.29) is 24.0 Å². The van der Waals surface area contributed by atoms with E-state index in [9.17, 15) is 19.8 Å². The van der Waals surface area contributed by atoms with Gasteiger partial charge >= 0.3 is 5.97 Å². The molecule has 0 radical (unpaired) electrons. The SMILES string of the molecule is CCCCCC(=O)c1ccc([C@@H]2[C@@H](CC=CCCCC(=O)O)[C@H](O)C[C@H]2O)cc1. The lowest BCUT2D eigenvalue weighted by Crippen LogP contribution is -2.20. The molecule has 5 heteroatoms. The highest BCUT2D eigenvalue weighted by Gasteiger charge is 2.41. The second kappa shape index (κ2) is 11.9. The van der Waals surface area contributed by atoms with Crippen LogP contribution in [0.4, 0.5) is 0 Å². The van der Waals surface area contributed by atoms with Crippen molar-refractivity contribution in [3.63, 3.8) is 0 Å². The Hall–Kier alpha value is -1.98. The third kappa shape index (κ3) is 7.09. The number of carboxylic acids is 1. The first-order chi connectivity index (χ1) is 13.9. The predicted octanol–water partition coefficient (Wildman–Crippen LogP) is 4.48. The maximum Gasteiger partial charge on any atom is 0.303 e. The van der Waals surface area contributed by atoms with Crippen LogP contribution in [-0.4, -0.2) is 39.3 Å². The second-order valence-corrected chi connectivity index (χ2v) is 8.06. The third-order valence-electron chi connectivity index (χ3n) is 5.81. The first-order valence-electron chi connectivity index (χ1n) is 10.8. The van der Waals surface area contributed by atoms with Gasteiger partial charge in [0.05, 0.1) is 12.2 Å². The number of ketones is 1. The van der Waals surface area contributed by atoms with E-state index < -0.39 is 18.2 Å². The lowest BCUT2D eigenvalue weighted by molar-refractivity contribution is -0.137. The highest BCUT2D eigenvalue weighted by atomic mass is 16.4. The monoisotopic (exact) mass is 402 g/mol. The standard InChI is InChI=1S/C24H34O5/c1-2-3-6-10-20(25)17-12-14-18(15-13-17)24-19(21(26)16-22(24)27)9-7-4-5-8-11-23(28)29/h4,7,12-15,19,21-22,24,26-27H,2-3,5-6,8-11,16H2,1H3,(H,28,29)/t19-,21+,22+,24+/m0/s1. The Morgan fingerprint density at radius 2 is 1.72 bits per heavy atom. The number of carboxylic acid groups (broad SMARTS) is 1. The summed E-state index contributed by atoms with van der Waals surface area (Å²) in [7, 11) is 0. The topological polar surface area (TPSA) is 94.8 Å². The Morgan fingerprint density at radius 1 is 1.00 bits per heavy atom. The van der Waals surface area contributed by atoms with Gasteiger partial charge in [0.1, 0.15) is 0 Å². The van der Waals surface area contributed by atoms with Gasteiger partial charge in [0.2, 0.25) is 0 Å². The summed E-state index contributed by atoms with van der Waals surface area (Å²) in [6.45, 7) is 2.11. The van der Waals surface area contributed by atoms with Crippen molar-refractivity contribution in [2.24, 2.45) is 5.92 Å². The second-order valence-electron chi connectivity index (χ2n) is 8.06. The number of aliphatic hydroxyl groups is 2. The molecule has 29 heavy (non-hydrogen) atoms. The van der Waals surface area contributed by atoms with Crippen LogP contribution in [0.5, 0.6) is 0 Å². The molecule has 1 aromatic carbocycles. The summed E-state index contributed by atoms with van der Waals surface area (Å²) in [5.41, 5.74) is 1.65. The van der Waals surface area contributed by atoms with Gasteiger partial charge in [-0.1, -0.05) is 56.2 Å². The Morgan fingerprint density at radius 3 is 2.38 bits per heavy atom. The molecule has 0 amide bonds. The first kappa shape index (κ1) is 23.3. The normalized spacial score (nSPS) is 24.2. The van der Waals surface area contributed by atoms with Crippen LogP contribution in [0.3, 0.4) is 0 Å². The van der Waals surface area contributed by atoms with Gasteiger partial charge in [0, 0.05) is 30.7 Å². The smallest absolute Gasteiger partial charge is 0.303 e. The number of carbonyl (C=O) groups is 2. The van der Waals surface area contributed by atoms with E-state index >= 15 is 0 Å². The fourth-order valence-electron chi connectivity index (χ4n) is 4.18. The zero-order valence-corrected chi connectivity index (χ0v) is 17.3. The summed E-state index contributed by atoms with van der Waals surface area (Å²) < 4.78 is 0. The van der Waals surface area contributed by atoms with Crippen molar-refractivity contribution in [3.8, 4) is 0 Å². The number of hydrogen-bond acceptors (Lipinski definition) is 4. The molecule has 1 aliphatic rings. The minimum absolute atomic E-state index is 0.0909. The Balaban J connectivity index is 1.97. The average Bonchev–Trinajstić information content (AvgIpc) is 2.97. The van der Waals surface area contributed by atoms with Crippen LogP contribution in [0.25, 0.3) is 0 Å². The van der Waals surface area contributed by atoms with Gasteiger partial charge < -0.3 is 15.3 Å². The van der Waals surface area contributed by atoms with E-state index in [1.807, 2.05) is 36.4 Å². The molecule has 2 rings (SSSR count). The van der Waals surface area contributed by atoms with Crippen LogP contribution < -0.4 is 0 Å². The summed E-state index contributed by atoms with van der Waals surface area (Å²) in [5.74, 6) is -0.900. The van der Waals surface area contributed by atoms with Crippen molar-refractivity contribution in [1.29, 1.82) is 0 Å². The molecule has 0 saturated heterocycles. The molecule has 0 unspecified atom stereocenters. The van der Waals surface area contributed by atoms with Crippen molar-refractivity contribution >= 4 is 11.8 Å². The molecular weight excluding hydrogens is 368 g/mol. The van der Waals surface area contributed by atoms with Crippen molar-refractivity contribution in [1.82, 2.24) is 0 Å². The van der Waals surface area contributed by atoms with E-state index in [0.29, 0.717) is 37.7 Å². The summed E-state index contributed by atoms with van der Waals surface area (Å²) in [6, 6.07) is 7.48. The molecule has 3 N–H and O–H groups in total. The van der Waals surface area contributed by atoms with E-state index in [0.717, 1.165) is 24.8 Å².